The van der Waals surface area contributed by atoms with Crippen molar-refractivity contribution in [3.8, 4) is 0 Å². The van der Waals surface area contributed by atoms with Gasteiger partial charge in [-0.05, 0) is 53.8 Å². The number of carbonyl (C=O) groups is 1. The minimum atomic E-state index is -3.69. The predicted octanol–water partition coefficient (Wildman–Crippen LogP) is 4.36. The lowest BCUT2D eigenvalue weighted by molar-refractivity contribution is 0.102. The molecular weight excluding hydrogens is 438 g/mol. The van der Waals surface area contributed by atoms with Crippen LogP contribution >= 0.6 is 22.7 Å². The van der Waals surface area contributed by atoms with E-state index in [1.807, 2.05) is 35.7 Å². The van der Waals surface area contributed by atoms with Gasteiger partial charge in [-0.25, -0.2) is 13.4 Å². The molecule has 0 saturated carbocycles. The lowest BCUT2D eigenvalue weighted by Gasteiger charge is -2.26. The summed E-state index contributed by atoms with van der Waals surface area (Å²) in [5, 5.41) is 5.25. The van der Waals surface area contributed by atoms with Crippen molar-refractivity contribution in [2.45, 2.75) is 17.9 Å². The van der Waals surface area contributed by atoms with Crippen LogP contribution in [0.2, 0.25) is 0 Å². The van der Waals surface area contributed by atoms with E-state index < -0.39 is 10.0 Å². The van der Waals surface area contributed by atoms with Crippen molar-refractivity contribution in [2.24, 2.45) is 0 Å². The van der Waals surface area contributed by atoms with Gasteiger partial charge in [0.1, 0.15) is 0 Å². The highest BCUT2D eigenvalue weighted by molar-refractivity contribution is 7.89. The molecule has 6 nitrogen and oxygen atoms in total. The molecule has 4 aromatic rings. The van der Waals surface area contributed by atoms with Crippen LogP contribution in [0.4, 0.5) is 5.13 Å². The van der Waals surface area contributed by atoms with Crippen molar-refractivity contribution < 1.29 is 13.2 Å². The van der Waals surface area contributed by atoms with Crippen LogP contribution in [0, 0.1) is 0 Å². The Labute approximate surface area is 181 Å². The number of nitrogens with one attached hydrogen (secondary N) is 1. The minimum absolute atomic E-state index is 0.123. The molecule has 2 aromatic heterocycles. The molecule has 0 unspecified atom stereocenters. The zero-order chi connectivity index (χ0) is 20.7. The van der Waals surface area contributed by atoms with Crippen molar-refractivity contribution in [1.82, 2.24) is 9.29 Å². The van der Waals surface area contributed by atoms with Crippen molar-refractivity contribution >= 4 is 54.0 Å². The van der Waals surface area contributed by atoms with Crippen LogP contribution < -0.4 is 5.32 Å². The first kappa shape index (κ1) is 19.4. The highest BCUT2D eigenvalue weighted by Crippen LogP contribution is 2.29. The summed E-state index contributed by atoms with van der Waals surface area (Å²) in [7, 11) is -3.69. The summed E-state index contributed by atoms with van der Waals surface area (Å²) in [6.07, 6.45) is 0.712. The standard InChI is InChI=1S/C21H17N3O3S3/c25-20(23-21-22-17-6-1-2-7-19(17)29-21)14-4-3-5-16(12-14)30(26,27)24-10-8-18-15(13-24)9-11-28-18/h1-7,9,11-12H,8,10,13H2,(H,22,23,25). The summed E-state index contributed by atoms with van der Waals surface area (Å²) in [5.41, 5.74) is 2.15. The third-order valence-electron chi connectivity index (χ3n) is 5.02. The van der Waals surface area contributed by atoms with E-state index in [4.69, 9.17) is 0 Å². The lowest BCUT2D eigenvalue weighted by atomic mass is 10.1. The fraction of sp³-hybridized carbons (Fsp3) is 0.143. The van der Waals surface area contributed by atoms with Gasteiger partial charge in [0.15, 0.2) is 5.13 Å². The molecule has 9 heteroatoms. The molecule has 1 aliphatic rings. The average molecular weight is 456 g/mol. The van der Waals surface area contributed by atoms with E-state index in [1.54, 1.807) is 23.5 Å². The Morgan fingerprint density at radius 2 is 1.97 bits per heavy atom. The van der Waals surface area contributed by atoms with Gasteiger partial charge >= 0.3 is 0 Å². The first-order chi connectivity index (χ1) is 14.5. The Bertz CT molecular complexity index is 1320. The third-order valence-corrected chi connectivity index (χ3v) is 8.84. The number of carbonyl (C=O) groups excluding carboxylic acids is 1. The number of sulfonamides is 1. The number of amides is 1. The molecule has 1 N–H and O–H groups in total. The summed E-state index contributed by atoms with van der Waals surface area (Å²) >= 11 is 3.04. The normalized spacial score (nSPS) is 14.5. The maximum atomic E-state index is 13.2. The Balaban J connectivity index is 1.38. The zero-order valence-corrected chi connectivity index (χ0v) is 18.2. The van der Waals surface area contributed by atoms with E-state index in [2.05, 4.69) is 10.3 Å². The molecule has 0 aliphatic carbocycles. The molecule has 30 heavy (non-hydrogen) atoms. The number of anilines is 1. The van der Waals surface area contributed by atoms with Crippen LogP contribution in [-0.2, 0) is 23.0 Å². The molecule has 3 heterocycles. The van der Waals surface area contributed by atoms with E-state index >= 15 is 0 Å². The van der Waals surface area contributed by atoms with E-state index in [9.17, 15) is 13.2 Å². The number of fused-ring (bicyclic) bond motifs is 2. The number of benzene rings is 2. The number of aromatic nitrogens is 1. The third kappa shape index (κ3) is 3.54. The predicted molar refractivity (Wildman–Crippen MR) is 120 cm³/mol. The maximum Gasteiger partial charge on any atom is 0.257 e. The first-order valence-corrected chi connectivity index (χ1v) is 12.5. The summed E-state index contributed by atoms with van der Waals surface area (Å²) in [4.78, 5) is 18.5. The Kier molecular flexibility index (Phi) is 4.90. The number of thiophene rings is 1. The van der Waals surface area contributed by atoms with E-state index in [0.29, 0.717) is 24.6 Å². The molecule has 0 saturated heterocycles. The molecule has 0 radical (unpaired) electrons. The number of hydrogen-bond donors (Lipinski definition) is 1. The molecule has 2 aromatic carbocycles. The van der Waals surface area contributed by atoms with Crippen molar-refractivity contribution in [3.05, 3.63) is 76.0 Å². The van der Waals surface area contributed by atoms with Crippen molar-refractivity contribution in [2.75, 3.05) is 11.9 Å². The highest BCUT2D eigenvalue weighted by Gasteiger charge is 2.29. The van der Waals surface area contributed by atoms with Crippen LogP contribution in [0.25, 0.3) is 10.2 Å². The maximum absolute atomic E-state index is 13.2. The highest BCUT2D eigenvalue weighted by atomic mass is 32.2. The largest absolute Gasteiger partial charge is 0.298 e. The quantitative estimate of drug-likeness (QED) is 0.496. The number of thiazole rings is 1. The van der Waals surface area contributed by atoms with Gasteiger partial charge in [0.2, 0.25) is 10.0 Å². The second-order valence-electron chi connectivity index (χ2n) is 6.93. The number of nitrogens with zero attached hydrogens (tertiary/aromatic N) is 2. The van der Waals surface area contributed by atoms with Crippen LogP contribution in [0.5, 0.6) is 0 Å². The topological polar surface area (TPSA) is 79.4 Å². The summed E-state index contributed by atoms with van der Waals surface area (Å²) in [5.74, 6) is -0.384. The zero-order valence-electron chi connectivity index (χ0n) is 15.7. The fourth-order valence-corrected chi connectivity index (χ4v) is 6.69. The van der Waals surface area contributed by atoms with E-state index in [-0.39, 0.29) is 16.4 Å². The van der Waals surface area contributed by atoms with Crippen LogP contribution in [0.1, 0.15) is 20.8 Å². The van der Waals surface area contributed by atoms with Gasteiger partial charge in [-0.2, -0.15) is 4.31 Å². The molecule has 0 bridgehead atoms. The lowest BCUT2D eigenvalue weighted by Crippen LogP contribution is -2.35. The molecular formula is C21H17N3O3S3. The second kappa shape index (κ2) is 7.59. The SMILES string of the molecule is O=C(Nc1nc2ccccc2s1)c1cccc(S(=O)(=O)N2CCc3sccc3C2)c1. The molecule has 0 fully saturated rings. The second-order valence-corrected chi connectivity index (χ2v) is 10.9. The summed E-state index contributed by atoms with van der Waals surface area (Å²) in [6.45, 7) is 0.807. The molecule has 152 valence electrons. The van der Waals surface area contributed by atoms with Gasteiger partial charge in [-0.3, -0.25) is 10.1 Å². The van der Waals surface area contributed by atoms with Crippen molar-refractivity contribution in [3.63, 3.8) is 0 Å². The van der Waals surface area contributed by atoms with Crippen LogP contribution in [0.15, 0.2) is 64.9 Å². The van der Waals surface area contributed by atoms with E-state index in [0.717, 1.165) is 15.8 Å². The molecule has 1 amide bonds. The van der Waals surface area contributed by atoms with Gasteiger partial charge in [-0.1, -0.05) is 29.5 Å². The molecule has 1 aliphatic heterocycles. The smallest absolute Gasteiger partial charge is 0.257 e. The molecule has 5 rings (SSSR count). The summed E-state index contributed by atoms with van der Waals surface area (Å²) < 4.78 is 28.8. The summed E-state index contributed by atoms with van der Waals surface area (Å²) in [6, 6.07) is 15.8. The van der Waals surface area contributed by atoms with Gasteiger partial charge in [0.25, 0.3) is 5.91 Å². The van der Waals surface area contributed by atoms with Crippen LogP contribution in [0.3, 0.4) is 0 Å². The number of rotatable bonds is 4. The number of hydrogen-bond acceptors (Lipinski definition) is 6. The van der Waals surface area contributed by atoms with Gasteiger partial charge in [0.05, 0.1) is 15.1 Å². The van der Waals surface area contributed by atoms with E-state index in [1.165, 1.54) is 32.7 Å². The van der Waals surface area contributed by atoms with Crippen molar-refractivity contribution in [1.29, 1.82) is 0 Å². The fourth-order valence-electron chi connectivity index (χ4n) is 3.47. The Morgan fingerprint density at radius 3 is 2.83 bits per heavy atom. The molecule has 0 spiro atoms. The average Bonchev–Trinajstić information content (AvgIpc) is 3.39. The van der Waals surface area contributed by atoms with Gasteiger partial charge < -0.3 is 0 Å². The minimum Gasteiger partial charge on any atom is -0.298 e. The van der Waals surface area contributed by atoms with Gasteiger partial charge in [-0.15, -0.1) is 11.3 Å². The Hall–Kier alpha value is -2.59. The van der Waals surface area contributed by atoms with Crippen LogP contribution in [-0.4, -0.2) is 30.2 Å². The first-order valence-electron chi connectivity index (χ1n) is 9.33. The number of para-hydroxylation sites is 1. The Morgan fingerprint density at radius 1 is 1.10 bits per heavy atom. The monoisotopic (exact) mass is 455 g/mol. The molecule has 0 atom stereocenters. The van der Waals surface area contributed by atoms with Gasteiger partial charge in [0, 0.05) is 23.5 Å².